The van der Waals surface area contributed by atoms with E-state index in [4.69, 9.17) is 0 Å². The van der Waals surface area contributed by atoms with Crippen LogP contribution in [0.25, 0.3) is 0 Å². The quantitative estimate of drug-likeness (QED) is 0.501. The van der Waals surface area contributed by atoms with Crippen LogP contribution >= 0.6 is 0 Å². The molecule has 0 aromatic rings. The molecular weight excluding hydrogens is 436 g/mol. The number of allylic oxidation sites excluding steroid dienone is 1. The molecule has 9 atom stereocenters. The van der Waals surface area contributed by atoms with Crippen molar-refractivity contribution in [1.82, 2.24) is 4.90 Å². The third kappa shape index (κ3) is 3.45. The van der Waals surface area contributed by atoms with Gasteiger partial charge in [0.2, 0.25) is 0 Å². The van der Waals surface area contributed by atoms with Gasteiger partial charge in [-0.05, 0) is 74.3 Å². The Kier molecular flexibility index (Phi) is 5.94. The van der Waals surface area contributed by atoms with Crippen molar-refractivity contribution in [1.29, 1.82) is 0 Å². The van der Waals surface area contributed by atoms with Crippen molar-refractivity contribution < 1.29 is 38.8 Å². The van der Waals surface area contributed by atoms with Crippen LogP contribution in [0.15, 0.2) is 11.6 Å². The van der Waals surface area contributed by atoms with Crippen LogP contribution in [-0.2, 0) is 4.79 Å². The number of amides is 1. The number of hydrogen-bond acceptors (Lipinski definition) is 5. The highest BCUT2D eigenvalue weighted by Gasteiger charge is 2.67. The Hall–Kier alpha value is -1.58. The van der Waals surface area contributed by atoms with E-state index in [1.807, 2.05) is 13.8 Å². The van der Waals surface area contributed by atoms with Crippen LogP contribution < -0.4 is 0 Å². The van der Waals surface area contributed by atoms with Crippen molar-refractivity contribution >= 4 is 11.9 Å². The number of hydrogen-bond donors (Lipinski definition) is 4. The minimum atomic E-state index is -2.80. The highest BCUT2D eigenvalue weighted by molar-refractivity contribution is 5.95. The number of fused-ring (bicyclic) bond motifs is 5. The molecule has 186 valence electrons. The second-order valence-corrected chi connectivity index (χ2v) is 11.2. The second-order valence-electron chi connectivity index (χ2n) is 11.2. The van der Waals surface area contributed by atoms with Crippen LogP contribution in [0.3, 0.4) is 0 Å². The summed E-state index contributed by atoms with van der Waals surface area (Å²) in [5.74, 6) is -1.08. The van der Waals surface area contributed by atoms with Gasteiger partial charge in [-0.25, -0.2) is 13.6 Å². The number of carboxylic acid groups (broad SMARTS) is 1. The molecule has 0 spiro atoms. The maximum atomic E-state index is 13.2. The van der Waals surface area contributed by atoms with E-state index in [9.17, 15) is 38.8 Å². The summed E-state index contributed by atoms with van der Waals surface area (Å²) in [5, 5.41) is 42.2. The van der Waals surface area contributed by atoms with Crippen molar-refractivity contribution in [2.24, 2.45) is 28.6 Å². The molecule has 2 unspecified atom stereocenters. The zero-order chi connectivity index (χ0) is 24.5. The van der Waals surface area contributed by atoms with Gasteiger partial charge in [0.1, 0.15) is 0 Å². The Morgan fingerprint density at radius 3 is 2.45 bits per heavy atom. The van der Waals surface area contributed by atoms with Gasteiger partial charge in [0.15, 0.2) is 5.78 Å². The minimum absolute atomic E-state index is 0.147. The number of nitrogens with zero attached hydrogens (tertiary/aromatic N) is 1. The average molecular weight is 472 g/mol. The Balaban J connectivity index is 1.70. The Bertz CT molecular complexity index is 866. The first-order valence-corrected chi connectivity index (χ1v) is 11.9. The second kappa shape index (κ2) is 7.99. The van der Waals surface area contributed by atoms with E-state index in [0.717, 1.165) is 4.90 Å². The van der Waals surface area contributed by atoms with Gasteiger partial charge in [0.05, 0.1) is 24.4 Å². The lowest BCUT2D eigenvalue weighted by molar-refractivity contribution is -0.153. The summed E-state index contributed by atoms with van der Waals surface area (Å²) in [7, 11) is 0. The van der Waals surface area contributed by atoms with Gasteiger partial charge in [-0.1, -0.05) is 13.8 Å². The fourth-order valence-electron chi connectivity index (χ4n) is 7.97. The predicted octanol–water partition coefficient (Wildman–Crippen LogP) is 2.82. The zero-order valence-electron chi connectivity index (χ0n) is 19.4. The standard InChI is InChI=1S/C24H35F2NO6/c1-12(27(21(31)32)11-20(25)26)13-5-7-24(33)15-8-17(28)16-9-18(29)19(30)10-22(16,2)14(15)4-6-23(13,24)3/h8,12-14,16,18-20,29-30,33H,4-7,9-11H2,1-3H3,(H,31,32)/t12?,13-,14?,16+,18-,19+,22-,23-,24-/m1/s1. The van der Waals surface area contributed by atoms with E-state index in [1.54, 1.807) is 6.92 Å². The van der Waals surface area contributed by atoms with Crippen molar-refractivity contribution in [2.45, 2.75) is 89.6 Å². The summed E-state index contributed by atoms with van der Waals surface area (Å²) in [5.41, 5.74) is -2.09. The number of alkyl halides is 2. The first-order chi connectivity index (χ1) is 15.3. The van der Waals surface area contributed by atoms with Crippen molar-refractivity contribution in [2.75, 3.05) is 6.54 Å². The summed E-state index contributed by atoms with van der Waals surface area (Å²) < 4.78 is 26.2. The Morgan fingerprint density at radius 1 is 1.18 bits per heavy atom. The van der Waals surface area contributed by atoms with Gasteiger partial charge >= 0.3 is 6.09 Å². The number of halogens is 2. The highest BCUT2D eigenvalue weighted by Crippen LogP contribution is 2.67. The minimum Gasteiger partial charge on any atom is -0.465 e. The normalized spacial score (nSPS) is 45.7. The maximum Gasteiger partial charge on any atom is 0.407 e. The Morgan fingerprint density at radius 2 is 1.85 bits per heavy atom. The van der Waals surface area contributed by atoms with Crippen LogP contribution in [-0.4, -0.2) is 74.0 Å². The zero-order valence-corrected chi connectivity index (χ0v) is 19.4. The van der Waals surface area contributed by atoms with Crippen molar-refractivity contribution in [3.05, 3.63) is 11.6 Å². The lowest BCUT2D eigenvalue weighted by atomic mass is 9.46. The van der Waals surface area contributed by atoms with Gasteiger partial charge in [-0.2, -0.15) is 0 Å². The van der Waals surface area contributed by atoms with E-state index in [1.165, 1.54) is 6.08 Å². The van der Waals surface area contributed by atoms with Crippen molar-refractivity contribution in [3.63, 3.8) is 0 Å². The first-order valence-electron chi connectivity index (χ1n) is 11.9. The molecular formula is C24H35F2NO6. The van der Waals surface area contributed by atoms with Gasteiger partial charge in [0, 0.05) is 17.4 Å². The summed E-state index contributed by atoms with van der Waals surface area (Å²) in [6.07, 6.45) is -2.14. The fourth-order valence-corrected chi connectivity index (χ4v) is 7.97. The van der Waals surface area contributed by atoms with Crippen LogP contribution in [0, 0.1) is 28.6 Å². The maximum absolute atomic E-state index is 13.2. The Labute approximate surface area is 192 Å². The van der Waals surface area contributed by atoms with Crippen LogP contribution in [0.4, 0.5) is 13.6 Å². The molecule has 0 heterocycles. The molecule has 4 rings (SSSR count). The molecule has 0 aromatic carbocycles. The SMILES string of the molecule is CC([C@H]1CC[C@@]2(O)C3=CC(=O)[C@@H]4C[C@@H](O)[C@@H](O)C[C@]4(C)C3CC[C@]12C)N(CC(F)F)C(=O)O. The van der Waals surface area contributed by atoms with E-state index >= 15 is 0 Å². The molecule has 0 saturated heterocycles. The van der Waals surface area contributed by atoms with E-state index < -0.39 is 59.7 Å². The van der Waals surface area contributed by atoms with Crippen LogP contribution in [0.1, 0.15) is 59.3 Å². The molecule has 3 fully saturated rings. The highest BCUT2D eigenvalue weighted by atomic mass is 19.3. The van der Waals surface area contributed by atoms with Crippen LogP contribution in [0.5, 0.6) is 0 Å². The van der Waals surface area contributed by atoms with Crippen molar-refractivity contribution in [3.8, 4) is 0 Å². The molecule has 3 saturated carbocycles. The van der Waals surface area contributed by atoms with E-state index in [2.05, 4.69) is 0 Å². The topological polar surface area (TPSA) is 118 Å². The number of carbonyl (C=O) groups is 2. The summed E-state index contributed by atoms with van der Waals surface area (Å²) in [6, 6.07) is -0.720. The lowest BCUT2D eigenvalue weighted by Gasteiger charge is -2.60. The summed E-state index contributed by atoms with van der Waals surface area (Å²) in [6.45, 7) is 4.59. The van der Waals surface area contributed by atoms with Crippen LogP contribution in [0.2, 0.25) is 0 Å². The number of aliphatic hydroxyl groups excluding tert-OH is 2. The molecule has 7 nitrogen and oxygen atoms in total. The van der Waals surface area contributed by atoms with E-state index in [-0.39, 0.29) is 30.5 Å². The first kappa shape index (κ1) is 24.5. The number of carbonyl (C=O) groups excluding carboxylic acids is 1. The molecule has 9 heteroatoms. The number of ketones is 1. The van der Waals surface area contributed by atoms with Gasteiger partial charge in [-0.3, -0.25) is 9.69 Å². The number of rotatable bonds is 4. The molecule has 4 aliphatic carbocycles. The average Bonchev–Trinajstić information content (AvgIpc) is 2.99. The molecule has 33 heavy (non-hydrogen) atoms. The van der Waals surface area contributed by atoms with E-state index in [0.29, 0.717) is 31.3 Å². The molecule has 4 N–H and O–H groups in total. The lowest BCUT2D eigenvalue weighted by Crippen LogP contribution is -2.61. The fraction of sp³-hybridized carbons (Fsp3) is 0.833. The summed E-state index contributed by atoms with van der Waals surface area (Å²) in [4.78, 5) is 25.7. The molecule has 0 aliphatic heterocycles. The molecule has 1 amide bonds. The summed E-state index contributed by atoms with van der Waals surface area (Å²) >= 11 is 0. The van der Waals surface area contributed by atoms with Gasteiger partial charge in [-0.15, -0.1) is 0 Å². The predicted molar refractivity (Wildman–Crippen MR) is 115 cm³/mol. The molecule has 0 aromatic heterocycles. The molecule has 4 aliphatic rings. The smallest absolute Gasteiger partial charge is 0.407 e. The van der Waals surface area contributed by atoms with Gasteiger partial charge < -0.3 is 20.4 Å². The number of aliphatic hydroxyl groups is 3. The third-order valence-electron chi connectivity index (χ3n) is 9.84. The largest absolute Gasteiger partial charge is 0.465 e. The van der Waals surface area contributed by atoms with Gasteiger partial charge in [0.25, 0.3) is 6.43 Å². The third-order valence-corrected chi connectivity index (χ3v) is 9.84. The molecule has 0 bridgehead atoms. The molecule has 0 radical (unpaired) electrons. The monoisotopic (exact) mass is 471 g/mol.